The number of allylic oxidation sites excluding steroid dienone is 2. The molecule has 1 aromatic carbocycles. The third kappa shape index (κ3) is 4.37. The number of Topliss-reactive ketones (excluding diaryl/α,β-unsaturated/α-hetero) is 1. The third-order valence-corrected chi connectivity index (χ3v) is 9.34. The molecule has 0 aliphatic carbocycles. The van der Waals surface area contributed by atoms with E-state index in [2.05, 4.69) is 4.90 Å². The molecule has 29 heavy (non-hydrogen) atoms. The van der Waals surface area contributed by atoms with Crippen LogP contribution in [0.3, 0.4) is 0 Å². The predicted octanol–water partition coefficient (Wildman–Crippen LogP) is 4.48. The van der Waals surface area contributed by atoms with Gasteiger partial charge in [-0.25, -0.2) is 12.8 Å². The molecule has 7 heteroatoms. The summed E-state index contributed by atoms with van der Waals surface area (Å²) in [6.45, 7) is 2.50. The molecule has 154 valence electrons. The second kappa shape index (κ2) is 8.50. The largest absolute Gasteiger partial charge is 0.303 e. The fourth-order valence-electron chi connectivity index (χ4n) is 4.14. The number of carbonyl (C=O) groups excluding carboxylic acids is 1. The first kappa shape index (κ1) is 20.4. The number of sulfone groups is 1. The van der Waals surface area contributed by atoms with Crippen LogP contribution < -0.4 is 0 Å². The Morgan fingerprint density at radius 2 is 1.86 bits per heavy atom. The van der Waals surface area contributed by atoms with Crippen molar-refractivity contribution in [2.45, 2.75) is 36.3 Å². The highest BCUT2D eigenvalue weighted by Gasteiger charge is 2.29. The summed E-state index contributed by atoms with van der Waals surface area (Å²) in [5.74, 6) is -0.257. The van der Waals surface area contributed by atoms with Gasteiger partial charge in [-0.1, -0.05) is 6.08 Å². The van der Waals surface area contributed by atoms with Gasteiger partial charge in [-0.05, 0) is 93.0 Å². The molecule has 0 atom stereocenters. The number of rotatable bonds is 6. The van der Waals surface area contributed by atoms with Crippen molar-refractivity contribution in [1.29, 1.82) is 0 Å². The van der Waals surface area contributed by atoms with Crippen LogP contribution in [0, 0.1) is 11.7 Å². The Balaban J connectivity index is 1.25. The first-order valence-corrected chi connectivity index (χ1v) is 12.3. The number of thiophene rings is 1. The summed E-state index contributed by atoms with van der Waals surface area (Å²) in [6.07, 6.45) is 5.49. The molecular weight excluding hydrogens is 409 g/mol. The van der Waals surface area contributed by atoms with E-state index in [1.54, 1.807) is 12.1 Å². The number of hydrogen-bond donors (Lipinski definition) is 0. The molecule has 0 radical (unpaired) electrons. The van der Waals surface area contributed by atoms with Gasteiger partial charge in [0.2, 0.25) is 9.84 Å². The summed E-state index contributed by atoms with van der Waals surface area (Å²) >= 11 is 1.31. The summed E-state index contributed by atoms with van der Waals surface area (Å²) in [4.78, 5) is 15.4. The zero-order chi connectivity index (χ0) is 20.4. The fourth-order valence-corrected chi connectivity index (χ4v) is 7.25. The van der Waals surface area contributed by atoms with E-state index >= 15 is 0 Å². The molecule has 1 fully saturated rings. The summed E-state index contributed by atoms with van der Waals surface area (Å²) in [5, 5.41) is 1.84. The monoisotopic (exact) mass is 433 g/mol. The van der Waals surface area contributed by atoms with Gasteiger partial charge in [0.05, 0.1) is 0 Å². The molecule has 0 spiro atoms. The van der Waals surface area contributed by atoms with Crippen molar-refractivity contribution in [3.8, 4) is 0 Å². The van der Waals surface area contributed by atoms with E-state index in [0.29, 0.717) is 27.5 Å². The van der Waals surface area contributed by atoms with Gasteiger partial charge in [-0.15, -0.1) is 11.3 Å². The van der Waals surface area contributed by atoms with E-state index in [1.807, 2.05) is 17.5 Å². The van der Waals surface area contributed by atoms with Crippen molar-refractivity contribution in [3.05, 3.63) is 63.6 Å². The van der Waals surface area contributed by atoms with Crippen LogP contribution in [0.25, 0.3) is 0 Å². The van der Waals surface area contributed by atoms with Gasteiger partial charge in [0.15, 0.2) is 5.78 Å². The van der Waals surface area contributed by atoms with Gasteiger partial charge in [-0.2, -0.15) is 0 Å². The van der Waals surface area contributed by atoms with Crippen molar-refractivity contribution in [2.24, 2.45) is 5.92 Å². The quantitative estimate of drug-likeness (QED) is 0.631. The number of likely N-dealkylation sites (tertiary alicyclic amines) is 1. The lowest BCUT2D eigenvalue weighted by Crippen LogP contribution is -2.37. The van der Waals surface area contributed by atoms with Crippen LogP contribution in [-0.4, -0.2) is 38.7 Å². The highest BCUT2D eigenvalue weighted by atomic mass is 32.2. The van der Waals surface area contributed by atoms with E-state index in [0.717, 1.165) is 44.5 Å². The number of fused-ring (bicyclic) bond motifs is 1. The van der Waals surface area contributed by atoms with Gasteiger partial charge in [0.1, 0.15) is 10.0 Å². The van der Waals surface area contributed by atoms with Gasteiger partial charge in [0, 0.05) is 16.4 Å². The van der Waals surface area contributed by atoms with Gasteiger partial charge >= 0.3 is 0 Å². The third-order valence-electron chi connectivity index (χ3n) is 5.83. The molecule has 0 N–H and O–H groups in total. The van der Waals surface area contributed by atoms with Crippen LogP contribution >= 0.6 is 11.3 Å². The Labute approximate surface area is 175 Å². The van der Waals surface area contributed by atoms with Crippen molar-refractivity contribution in [1.82, 2.24) is 4.90 Å². The topological polar surface area (TPSA) is 54.5 Å². The number of ketones is 1. The fraction of sp³-hybridized carbons (Fsp3) is 0.409. The molecule has 4 nitrogen and oxygen atoms in total. The average Bonchev–Trinajstić information content (AvgIpc) is 3.21. The zero-order valence-corrected chi connectivity index (χ0v) is 17.8. The maximum absolute atomic E-state index is 13.0. The van der Waals surface area contributed by atoms with Crippen LogP contribution in [0.15, 0.2) is 50.9 Å². The number of halogens is 1. The van der Waals surface area contributed by atoms with Crippen LogP contribution in [0.2, 0.25) is 0 Å². The van der Waals surface area contributed by atoms with Crippen molar-refractivity contribution in [3.63, 3.8) is 0 Å². The first-order valence-electron chi connectivity index (χ1n) is 9.98. The normalized spacial score (nSPS) is 19.6. The van der Waals surface area contributed by atoms with Crippen LogP contribution in [0.5, 0.6) is 0 Å². The van der Waals surface area contributed by atoms with Crippen LogP contribution in [0.4, 0.5) is 4.39 Å². The van der Waals surface area contributed by atoms with Crippen LogP contribution in [0.1, 0.15) is 41.6 Å². The average molecular weight is 434 g/mol. The molecule has 1 saturated heterocycles. The lowest BCUT2D eigenvalue weighted by molar-refractivity contribution is 0.0839. The minimum absolute atomic E-state index is 0.0182. The van der Waals surface area contributed by atoms with Crippen molar-refractivity contribution in [2.75, 3.05) is 19.6 Å². The summed E-state index contributed by atoms with van der Waals surface area (Å²) in [5.41, 5.74) is 1.49. The Morgan fingerprint density at radius 1 is 1.14 bits per heavy atom. The minimum Gasteiger partial charge on any atom is -0.303 e. The molecule has 3 heterocycles. The minimum atomic E-state index is -3.31. The molecule has 2 aliphatic heterocycles. The van der Waals surface area contributed by atoms with Crippen molar-refractivity contribution >= 4 is 27.0 Å². The number of hydrogen-bond acceptors (Lipinski definition) is 5. The molecule has 4 rings (SSSR count). The smallest absolute Gasteiger partial charge is 0.212 e. The van der Waals surface area contributed by atoms with Crippen LogP contribution in [-0.2, 0) is 16.3 Å². The Morgan fingerprint density at radius 3 is 2.59 bits per heavy atom. The van der Waals surface area contributed by atoms with E-state index in [1.165, 1.54) is 23.5 Å². The molecule has 0 saturated carbocycles. The molecule has 0 bridgehead atoms. The second-order valence-electron chi connectivity index (χ2n) is 7.70. The molecule has 1 aromatic heterocycles. The van der Waals surface area contributed by atoms with E-state index in [4.69, 9.17) is 0 Å². The molecule has 0 amide bonds. The van der Waals surface area contributed by atoms with E-state index < -0.39 is 9.84 Å². The highest BCUT2D eigenvalue weighted by Crippen LogP contribution is 2.35. The molecule has 2 aliphatic rings. The van der Waals surface area contributed by atoms with Gasteiger partial charge < -0.3 is 4.90 Å². The molecule has 2 aromatic rings. The van der Waals surface area contributed by atoms with E-state index in [9.17, 15) is 17.6 Å². The van der Waals surface area contributed by atoms with Gasteiger partial charge in [0.25, 0.3) is 0 Å². The predicted molar refractivity (Wildman–Crippen MR) is 112 cm³/mol. The molecule has 0 unspecified atom stereocenters. The number of nitrogens with zero attached hydrogens (tertiary/aromatic N) is 1. The standard InChI is InChI=1S/C22H24FNO3S2/c23-19-6-3-16(4-7-19)21(25)17-9-13-24(14-10-17)12-1-2-20-8-5-18-11-15-28-22(18)29(20,26)27/h3-4,6-8,11,15,17H,1-2,5,9-10,12-14H2. The Hall–Kier alpha value is -1.83. The summed E-state index contributed by atoms with van der Waals surface area (Å²) in [7, 11) is -3.31. The lowest BCUT2D eigenvalue weighted by atomic mass is 9.89. The molecular formula is C22H24FNO3S2. The van der Waals surface area contributed by atoms with Gasteiger partial charge in [-0.3, -0.25) is 4.79 Å². The SMILES string of the molecule is O=C(c1ccc(F)cc1)C1CCN(CCCC2=CCc3ccsc3S2(=O)=O)CC1. The number of piperidine rings is 1. The lowest BCUT2D eigenvalue weighted by Gasteiger charge is -2.31. The van der Waals surface area contributed by atoms with Crippen molar-refractivity contribution < 1.29 is 17.6 Å². The summed E-state index contributed by atoms with van der Waals surface area (Å²) < 4.78 is 38.9. The first-order chi connectivity index (χ1) is 13.9. The second-order valence-corrected chi connectivity index (χ2v) is 10.8. The highest BCUT2D eigenvalue weighted by molar-refractivity contribution is 7.97. The zero-order valence-electron chi connectivity index (χ0n) is 16.1. The summed E-state index contributed by atoms with van der Waals surface area (Å²) in [6, 6.07) is 7.66. The maximum atomic E-state index is 13.0. The number of benzene rings is 1. The Bertz CT molecular complexity index is 1020. The van der Waals surface area contributed by atoms with E-state index in [-0.39, 0.29) is 17.5 Å². The maximum Gasteiger partial charge on any atom is 0.212 e. The Kier molecular flexibility index (Phi) is 5.99. The number of carbonyl (C=O) groups is 1.